The van der Waals surface area contributed by atoms with Crippen LogP contribution in [0.1, 0.15) is 48.4 Å². The van der Waals surface area contributed by atoms with Gasteiger partial charge in [-0.05, 0) is 75.3 Å². The van der Waals surface area contributed by atoms with E-state index in [2.05, 4.69) is 29.4 Å². The molecule has 4 bridgehead atoms. The second-order valence-corrected chi connectivity index (χ2v) is 10.5. The normalized spacial score (nSPS) is 35.1. The van der Waals surface area contributed by atoms with E-state index in [9.17, 15) is 0 Å². The molecule has 0 aromatic carbocycles. The van der Waals surface area contributed by atoms with Crippen molar-refractivity contribution >= 4 is 22.7 Å². The topological polar surface area (TPSA) is 24.9 Å². The van der Waals surface area contributed by atoms with Gasteiger partial charge in [0.1, 0.15) is 0 Å². The lowest BCUT2D eigenvalue weighted by molar-refractivity contribution is -0.0204. The number of hydrogen-bond donors (Lipinski definition) is 1. The van der Waals surface area contributed by atoms with Crippen LogP contribution in [0.3, 0.4) is 0 Å². The molecule has 2 nitrogen and oxygen atoms in total. The first-order valence-corrected chi connectivity index (χ1v) is 10.6. The highest BCUT2D eigenvalue weighted by atomic mass is 32.1. The standard InChI is InChI=1S/C19H24N2S2/c1-12-20-11-18(22-12)17-3-2-16(23-17)10-21-19-7-13-4-14(8-19)6-15(5-13)9-19/h2-3,11,13-15,21H,4-10H2,1H3. The molecule has 6 rings (SSSR count). The van der Waals surface area contributed by atoms with Crippen LogP contribution in [0.2, 0.25) is 0 Å². The van der Waals surface area contributed by atoms with E-state index in [4.69, 9.17) is 0 Å². The maximum absolute atomic E-state index is 4.38. The van der Waals surface area contributed by atoms with Gasteiger partial charge in [-0.3, -0.25) is 0 Å². The molecule has 1 N–H and O–H groups in total. The molecule has 0 saturated heterocycles. The van der Waals surface area contributed by atoms with Gasteiger partial charge in [-0.25, -0.2) is 4.98 Å². The zero-order chi connectivity index (χ0) is 15.4. The van der Waals surface area contributed by atoms with Gasteiger partial charge in [0.05, 0.1) is 9.88 Å². The molecule has 4 heteroatoms. The van der Waals surface area contributed by atoms with Crippen molar-refractivity contribution in [2.24, 2.45) is 17.8 Å². The fourth-order valence-electron chi connectivity index (χ4n) is 5.68. The first-order chi connectivity index (χ1) is 11.2. The van der Waals surface area contributed by atoms with E-state index < -0.39 is 0 Å². The van der Waals surface area contributed by atoms with Crippen molar-refractivity contribution in [3.8, 4) is 9.75 Å². The second-order valence-electron chi connectivity index (χ2n) is 8.06. The number of thiophene rings is 1. The fourth-order valence-corrected chi connectivity index (χ4v) is 7.48. The smallest absolute Gasteiger partial charge is 0.0900 e. The van der Waals surface area contributed by atoms with Gasteiger partial charge in [0.15, 0.2) is 0 Å². The van der Waals surface area contributed by atoms with E-state index in [0.717, 1.165) is 29.3 Å². The molecule has 0 atom stereocenters. The average Bonchev–Trinajstić information content (AvgIpc) is 3.12. The molecule has 122 valence electrons. The summed E-state index contributed by atoms with van der Waals surface area (Å²) < 4.78 is 0. The molecule has 2 heterocycles. The molecular formula is C19H24N2S2. The Morgan fingerprint density at radius 2 is 1.74 bits per heavy atom. The summed E-state index contributed by atoms with van der Waals surface area (Å²) >= 11 is 3.73. The Balaban J connectivity index is 1.29. The van der Waals surface area contributed by atoms with E-state index >= 15 is 0 Å². The van der Waals surface area contributed by atoms with Gasteiger partial charge in [-0.15, -0.1) is 22.7 Å². The first-order valence-electron chi connectivity index (χ1n) is 8.94. The summed E-state index contributed by atoms with van der Waals surface area (Å²) in [6.45, 7) is 3.13. The molecule has 4 fully saturated rings. The Morgan fingerprint density at radius 3 is 2.35 bits per heavy atom. The van der Waals surface area contributed by atoms with Crippen LogP contribution in [0.15, 0.2) is 18.3 Å². The second kappa shape index (κ2) is 5.40. The highest BCUT2D eigenvalue weighted by molar-refractivity contribution is 7.21. The monoisotopic (exact) mass is 344 g/mol. The molecule has 0 amide bonds. The third-order valence-corrected chi connectivity index (χ3v) is 8.40. The Bertz CT molecular complexity index is 679. The molecule has 0 aliphatic heterocycles. The molecule has 0 spiro atoms. The Kier molecular flexibility index (Phi) is 3.43. The molecule has 0 radical (unpaired) electrons. The van der Waals surface area contributed by atoms with Crippen LogP contribution >= 0.6 is 22.7 Å². The number of nitrogens with one attached hydrogen (secondary N) is 1. The van der Waals surface area contributed by atoms with Gasteiger partial charge >= 0.3 is 0 Å². The number of thiazole rings is 1. The number of hydrogen-bond acceptors (Lipinski definition) is 4. The van der Waals surface area contributed by atoms with Crippen LogP contribution in [-0.2, 0) is 6.54 Å². The van der Waals surface area contributed by atoms with Crippen LogP contribution in [-0.4, -0.2) is 10.5 Å². The lowest BCUT2D eigenvalue weighted by Gasteiger charge is -2.57. The highest BCUT2D eigenvalue weighted by Crippen LogP contribution is 2.55. The van der Waals surface area contributed by atoms with E-state index in [1.165, 1.54) is 53.2 Å². The van der Waals surface area contributed by atoms with Gasteiger partial charge in [-0.1, -0.05) is 0 Å². The summed E-state index contributed by atoms with van der Waals surface area (Å²) in [5, 5.41) is 5.17. The number of aryl methyl sites for hydroxylation is 1. The van der Waals surface area contributed by atoms with Crippen LogP contribution in [0, 0.1) is 24.7 Å². The Labute approximate surface area is 146 Å². The molecule has 2 aromatic rings. The van der Waals surface area contributed by atoms with Crippen LogP contribution in [0.5, 0.6) is 0 Å². The first kappa shape index (κ1) is 14.6. The fraction of sp³-hybridized carbons (Fsp3) is 0.632. The zero-order valence-corrected chi connectivity index (χ0v) is 15.3. The van der Waals surface area contributed by atoms with Gasteiger partial charge in [0.25, 0.3) is 0 Å². The summed E-state index contributed by atoms with van der Waals surface area (Å²) in [4.78, 5) is 8.55. The highest BCUT2D eigenvalue weighted by Gasteiger charge is 2.50. The van der Waals surface area contributed by atoms with E-state index in [1.54, 1.807) is 11.3 Å². The molecule has 2 aromatic heterocycles. The quantitative estimate of drug-likeness (QED) is 0.820. The summed E-state index contributed by atoms with van der Waals surface area (Å²) in [5.74, 6) is 3.06. The van der Waals surface area contributed by atoms with Crippen molar-refractivity contribution in [1.29, 1.82) is 0 Å². The lowest BCUT2D eigenvalue weighted by Crippen LogP contribution is -2.58. The summed E-state index contributed by atoms with van der Waals surface area (Å²) in [5.41, 5.74) is 0.472. The van der Waals surface area contributed by atoms with E-state index in [0.29, 0.717) is 5.54 Å². The van der Waals surface area contributed by atoms with Gasteiger partial charge < -0.3 is 5.32 Å². The minimum atomic E-state index is 0.472. The molecule has 23 heavy (non-hydrogen) atoms. The maximum atomic E-state index is 4.38. The summed E-state index contributed by atoms with van der Waals surface area (Å²) in [6.07, 6.45) is 10.9. The van der Waals surface area contributed by atoms with Crippen molar-refractivity contribution in [2.45, 2.75) is 57.5 Å². The molecular weight excluding hydrogens is 320 g/mol. The van der Waals surface area contributed by atoms with Crippen molar-refractivity contribution in [2.75, 3.05) is 0 Å². The van der Waals surface area contributed by atoms with Crippen molar-refractivity contribution in [1.82, 2.24) is 10.3 Å². The lowest BCUT2D eigenvalue weighted by atomic mass is 9.53. The Hall–Kier alpha value is -0.710. The largest absolute Gasteiger partial charge is 0.306 e. The summed E-state index contributed by atoms with van der Waals surface area (Å²) in [6, 6.07) is 4.58. The predicted octanol–water partition coefficient (Wildman–Crippen LogP) is 5.24. The SMILES string of the molecule is Cc1ncc(-c2ccc(CNC34CC5CC(CC(C5)C3)C4)s2)s1. The molecule has 4 aliphatic carbocycles. The van der Waals surface area contributed by atoms with Gasteiger partial charge in [-0.2, -0.15) is 0 Å². The number of rotatable bonds is 4. The molecule has 4 saturated carbocycles. The molecule has 0 unspecified atom stereocenters. The average molecular weight is 345 g/mol. The minimum absolute atomic E-state index is 0.472. The summed E-state index contributed by atoms with van der Waals surface area (Å²) in [7, 11) is 0. The number of nitrogens with zero attached hydrogens (tertiary/aromatic N) is 1. The van der Waals surface area contributed by atoms with Crippen LogP contribution in [0.25, 0.3) is 9.75 Å². The predicted molar refractivity (Wildman–Crippen MR) is 97.9 cm³/mol. The molecule has 4 aliphatic rings. The Morgan fingerprint density at radius 1 is 1.04 bits per heavy atom. The zero-order valence-electron chi connectivity index (χ0n) is 13.7. The van der Waals surface area contributed by atoms with Crippen molar-refractivity contribution in [3.05, 3.63) is 28.2 Å². The van der Waals surface area contributed by atoms with Crippen molar-refractivity contribution in [3.63, 3.8) is 0 Å². The van der Waals surface area contributed by atoms with Gasteiger partial charge in [0.2, 0.25) is 0 Å². The van der Waals surface area contributed by atoms with Crippen molar-refractivity contribution < 1.29 is 0 Å². The minimum Gasteiger partial charge on any atom is -0.306 e. The third-order valence-electron chi connectivity index (χ3n) is 6.20. The number of aromatic nitrogens is 1. The third kappa shape index (κ3) is 2.69. The maximum Gasteiger partial charge on any atom is 0.0900 e. The van der Waals surface area contributed by atoms with E-state index in [1.807, 2.05) is 17.5 Å². The van der Waals surface area contributed by atoms with Crippen LogP contribution < -0.4 is 5.32 Å². The van der Waals surface area contributed by atoms with Gasteiger partial charge in [0, 0.05) is 28.0 Å². The van der Waals surface area contributed by atoms with E-state index in [-0.39, 0.29) is 0 Å². The van der Waals surface area contributed by atoms with Crippen LogP contribution in [0.4, 0.5) is 0 Å².